The number of rotatable bonds is 7. The number of aromatic nitrogens is 1. The van der Waals surface area contributed by atoms with Crippen LogP contribution in [0.2, 0.25) is 10.0 Å². The lowest BCUT2D eigenvalue weighted by Gasteiger charge is -2.29. The molecule has 1 unspecified atom stereocenters. The normalized spacial score (nSPS) is 12.0. The molecule has 1 atom stereocenters. The van der Waals surface area contributed by atoms with E-state index in [2.05, 4.69) is 24.5 Å². The second kappa shape index (κ2) is 9.31. The topological polar surface area (TPSA) is 25.2 Å². The first-order chi connectivity index (χ1) is 13.5. The Kier molecular flexibility index (Phi) is 6.82. The highest BCUT2D eigenvalue weighted by Gasteiger charge is 2.22. The largest absolute Gasteiger partial charge is 0.345 e. The second-order valence-electron chi connectivity index (χ2n) is 6.92. The van der Waals surface area contributed by atoms with Gasteiger partial charge in [-0.25, -0.2) is 0 Å². The van der Waals surface area contributed by atoms with E-state index in [1.54, 1.807) is 24.3 Å². The fourth-order valence-electron chi connectivity index (χ4n) is 3.14. The minimum absolute atomic E-state index is 0.0107. The molecule has 146 valence electrons. The minimum Gasteiger partial charge on any atom is -0.345 e. The van der Waals surface area contributed by atoms with Gasteiger partial charge in [0.15, 0.2) is 0 Å². The molecule has 5 heteroatoms. The zero-order chi connectivity index (χ0) is 20.1. The third-order valence-corrected chi connectivity index (χ3v) is 5.65. The predicted molar refractivity (Wildman–Crippen MR) is 116 cm³/mol. The van der Waals surface area contributed by atoms with E-state index in [-0.39, 0.29) is 11.9 Å². The van der Waals surface area contributed by atoms with Crippen molar-refractivity contribution in [2.45, 2.75) is 39.4 Å². The summed E-state index contributed by atoms with van der Waals surface area (Å²) in [5.41, 5.74) is 2.78. The van der Waals surface area contributed by atoms with E-state index in [4.69, 9.17) is 23.2 Å². The minimum atomic E-state index is 0.0107. The summed E-state index contributed by atoms with van der Waals surface area (Å²) in [5, 5.41) is 1.37. The predicted octanol–water partition coefficient (Wildman–Crippen LogP) is 6.28. The van der Waals surface area contributed by atoms with Crippen molar-refractivity contribution in [1.29, 1.82) is 0 Å². The number of carbonyl (C=O) groups excluding carboxylic acids is 1. The molecule has 3 aromatic rings. The molecule has 28 heavy (non-hydrogen) atoms. The van der Waals surface area contributed by atoms with Crippen LogP contribution in [0.1, 0.15) is 41.9 Å². The third kappa shape index (κ3) is 4.78. The molecule has 0 aliphatic heterocycles. The highest BCUT2D eigenvalue weighted by molar-refractivity contribution is 6.31. The summed E-state index contributed by atoms with van der Waals surface area (Å²) in [6, 6.07) is 19.1. The van der Waals surface area contributed by atoms with Crippen LogP contribution in [0.4, 0.5) is 0 Å². The highest BCUT2D eigenvalue weighted by atomic mass is 35.5. The van der Waals surface area contributed by atoms with Gasteiger partial charge in [-0.1, -0.05) is 48.3 Å². The summed E-state index contributed by atoms with van der Waals surface area (Å²) < 4.78 is 2.14. The summed E-state index contributed by atoms with van der Waals surface area (Å²) in [4.78, 5) is 15.1. The van der Waals surface area contributed by atoms with E-state index < -0.39 is 0 Å². The van der Waals surface area contributed by atoms with Crippen molar-refractivity contribution in [1.82, 2.24) is 9.47 Å². The van der Waals surface area contributed by atoms with E-state index in [9.17, 15) is 4.79 Å². The van der Waals surface area contributed by atoms with Crippen LogP contribution in [0.15, 0.2) is 66.9 Å². The molecule has 2 aromatic carbocycles. The van der Waals surface area contributed by atoms with Crippen molar-refractivity contribution in [3.8, 4) is 0 Å². The number of carbonyl (C=O) groups is 1. The molecule has 1 amide bonds. The van der Waals surface area contributed by atoms with E-state index in [0.717, 1.165) is 22.7 Å². The Morgan fingerprint density at radius 3 is 2.43 bits per heavy atom. The summed E-state index contributed by atoms with van der Waals surface area (Å²) in [5.74, 6) is 0.0107. The lowest BCUT2D eigenvalue weighted by molar-refractivity contribution is 0.0667. The highest BCUT2D eigenvalue weighted by Crippen LogP contribution is 2.20. The van der Waals surface area contributed by atoms with Crippen molar-refractivity contribution in [3.05, 3.63) is 93.7 Å². The quantitative estimate of drug-likeness (QED) is 0.446. The zero-order valence-corrected chi connectivity index (χ0v) is 17.6. The molecule has 1 aromatic heterocycles. The van der Waals surface area contributed by atoms with Gasteiger partial charge in [0.1, 0.15) is 0 Å². The molecule has 1 heterocycles. The van der Waals surface area contributed by atoms with Gasteiger partial charge in [0.25, 0.3) is 5.91 Å². The third-order valence-electron chi connectivity index (χ3n) is 5.03. The first-order valence-electron chi connectivity index (χ1n) is 9.43. The Morgan fingerprint density at radius 2 is 1.75 bits per heavy atom. The Bertz CT molecular complexity index is 934. The molecule has 0 fully saturated rings. The first kappa shape index (κ1) is 20.5. The standard InChI is InChI=1S/C23H24Cl2N2O/c1-3-17(2)27(23(28)18-10-12-20(24)13-11-18)16-21-8-6-14-26(21)15-19-7-4-5-9-22(19)25/h4-14,17H,3,15-16H2,1-2H3. The van der Waals surface area contributed by atoms with Crippen molar-refractivity contribution in [2.75, 3.05) is 0 Å². The van der Waals surface area contributed by atoms with Crippen LogP contribution in [0.3, 0.4) is 0 Å². The van der Waals surface area contributed by atoms with E-state index in [0.29, 0.717) is 23.7 Å². The van der Waals surface area contributed by atoms with Gasteiger partial charge in [-0.2, -0.15) is 0 Å². The van der Waals surface area contributed by atoms with Crippen LogP contribution in [-0.2, 0) is 13.1 Å². The second-order valence-corrected chi connectivity index (χ2v) is 7.76. The summed E-state index contributed by atoms with van der Waals surface area (Å²) in [6.45, 7) is 5.38. The Labute approximate surface area is 176 Å². The molecule has 0 aliphatic carbocycles. The van der Waals surface area contributed by atoms with Crippen LogP contribution in [0.5, 0.6) is 0 Å². The first-order valence-corrected chi connectivity index (χ1v) is 10.2. The molecule has 0 aliphatic rings. The van der Waals surface area contributed by atoms with Gasteiger partial charge in [-0.15, -0.1) is 0 Å². The average molecular weight is 415 g/mol. The van der Waals surface area contributed by atoms with Crippen LogP contribution in [0.25, 0.3) is 0 Å². The van der Waals surface area contributed by atoms with E-state index in [1.807, 2.05) is 41.4 Å². The maximum atomic E-state index is 13.2. The number of halogens is 2. The van der Waals surface area contributed by atoms with Crippen molar-refractivity contribution >= 4 is 29.1 Å². The molecule has 0 saturated carbocycles. The molecule has 0 bridgehead atoms. The summed E-state index contributed by atoms with van der Waals surface area (Å²) in [7, 11) is 0. The SMILES string of the molecule is CCC(C)N(Cc1cccn1Cc1ccccc1Cl)C(=O)c1ccc(Cl)cc1. The summed E-state index contributed by atoms with van der Waals surface area (Å²) in [6.07, 6.45) is 2.91. The van der Waals surface area contributed by atoms with Crippen LogP contribution in [0, 0.1) is 0 Å². The molecule has 0 spiro atoms. The number of hydrogen-bond acceptors (Lipinski definition) is 1. The summed E-state index contributed by atoms with van der Waals surface area (Å²) >= 11 is 12.3. The lowest BCUT2D eigenvalue weighted by Crippen LogP contribution is -2.38. The van der Waals surface area contributed by atoms with Gasteiger partial charge < -0.3 is 9.47 Å². The molecule has 0 saturated heterocycles. The Balaban J connectivity index is 1.84. The number of amides is 1. The average Bonchev–Trinajstić information content (AvgIpc) is 3.14. The van der Waals surface area contributed by atoms with Crippen molar-refractivity contribution < 1.29 is 4.79 Å². The van der Waals surface area contributed by atoms with E-state index >= 15 is 0 Å². The Hall–Kier alpha value is -2.23. The van der Waals surface area contributed by atoms with Gasteiger partial charge in [0.05, 0.1) is 6.54 Å². The van der Waals surface area contributed by atoms with Crippen molar-refractivity contribution in [2.24, 2.45) is 0 Å². The fourth-order valence-corrected chi connectivity index (χ4v) is 3.46. The smallest absolute Gasteiger partial charge is 0.254 e. The Morgan fingerprint density at radius 1 is 1.04 bits per heavy atom. The van der Waals surface area contributed by atoms with Gasteiger partial charge >= 0.3 is 0 Å². The number of nitrogens with zero attached hydrogens (tertiary/aromatic N) is 2. The van der Waals surface area contributed by atoms with Gasteiger partial charge in [0.2, 0.25) is 0 Å². The van der Waals surface area contributed by atoms with Crippen molar-refractivity contribution in [3.63, 3.8) is 0 Å². The van der Waals surface area contributed by atoms with Gasteiger partial charge in [-0.3, -0.25) is 4.79 Å². The molecule has 0 N–H and O–H groups in total. The molecular formula is C23H24Cl2N2O. The zero-order valence-electron chi connectivity index (χ0n) is 16.1. The molecular weight excluding hydrogens is 391 g/mol. The van der Waals surface area contributed by atoms with E-state index in [1.165, 1.54) is 0 Å². The number of benzene rings is 2. The van der Waals surface area contributed by atoms with Crippen LogP contribution >= 0.6 is 23.2 Å². The lowest BCUT2D eigenvalue weighted by atomic mass is 10.1. The fraction of sp³-hybridized carbons (Fsp3) is 0.261. The number of hydrogen-bond donors (Lipinski definition) is 0. The molecule has 3 rings (SSSR count). The van der Waals surface area contributed by atoms with Gasteiger partial charge in [-0.05, 0) is 61.4 Å². The maximum Gasteiger partial charge on any atom is 0.254 e. The monoisotopic (exact) mass is 414 g/mol. The maximum absolute atomic E-state index is 13.2. The van der Waals surface area contributed by atoms with Gasteiger partial charge in [0, 0.05) is 40.1 Å². The van der Waals surface area contributed by atoms with Crippen LogP contribution < -0.4 is 0 Å². The molecule has 3 nitrogen and oxygen atoms in total. The van der Waals surface area contributed by atoms with Crippen LogP contribution in [-0.4, -0.2) is 21.4 Å². The molecule has 0 radical (unpaired) electrons.